The highest BCUT2D eigenvalue weighted by Gasteiger charge is 2.17. The van der Waals surface area contributed by atoms with E-state index in [1.54, 1.807) is 0 Å². The molecule has 1 atom stereocenters. The Morgan fingerprint density at radius 3 is 2.75 bits per heavy atom. The van der Waals surface area contributed by atoms with Gasteiger partial charge in [-0.1, -0.05) is 0 Å². The lowest BCUT2D eigenvalue weighted by Gasteiger charge is -1.91. The molecule has 1 fully saturated rings. The Kier molecular flexibility index (Phi) is 2.30. The van der Waals surface area contributed by atoms with Crippen LogP contribution in [0.2, 0.25) is 0 Å². The van der Waals surface area contributed by atoms with Crippen LogP contribution in [0.3, 0.4) is 0 Å². The van der Waals surface area contributed by atoms with Gasteiger partial charge < -0.3 is 10.4 Å². The molecule has 1 aliphatic rings. The van der Waals surface area contributed by atoms with Crippen LogP contribution in [0.25, 0.3) is 0 Å². The summed E-state index contributed by atoms with van der Waals surface area (Å²) in [6.07, 6.45) is 3.40. The highest BCUT2D eigenvalue weighted by atomic mass is 16.2. The third kappa shape index (κ3) is 2.28. The Bertz CT molecular complexity index is 61.5. The topological polar surface area (TPSA) is 42.2 Å². The SMILES string of the molecule is OCCCC[C@@H]1CN1. The lowest BCUT2D eigenvalue weighted by Crippen LogP contribution is -1.91. The Morgan fingerprint density at radius 1 is 1.50 bits per heavy atom. The Morgan fingerprint density at radius 2 is 2.25 bits per heavy atom. The summed E-state index contributed by atoms with van der Waals surface area (Å²) in [6.45, 7) is 1.55. The van der Waals surface area contributed by atoms with Crippen molar-refractivity contribution in [2.75, 3.05) is 13.2 Å². The van der Waals surface area contributed by atoms with Crippen molar-refractivity contribution in [3.8, 4) is 0 Å². The standard InChI is InChI=1S/C6H13NO/c8-4-2-1-3-6-5-7-6/h6-8H,1-5H2/t6-/m1/s1. The summed E-state index contributed by atoms with van der Waals surface area (Å²) in [4.78, 5) is 0. The van der Waals surface area contributed by atoms with Gasteiger partial charge in [0.2, 0.25) is 0 Å². The molecule has 0 aliphatic carbocycles. The van der Waals surface area contributed by atoms with Crippen LogP contribution in [-0.4, -0.2) is 24.3 Å². The molecule has 0 amide bonds. The van der Waals surface area contributed by atoms with Crippen molar-refractivity contribution >= 4 is 0 Å². The number of nitrogens with one attached hydrogen (secondary N) is 1. The van der Waals surface area contributed by atoms with Gasteiger partial charge in [0.15, 0.2) is 0 Å². The quantitative estimate of drug-likeness (QED) is 0.403. The summed E-state index contributed by atoms with van der Waals surface area (Å²) in [6, 6.07) is 0.793. The number of aliphatic hydroxyl groups excluding tert-OH is 1. The molecule has 48 valence electrons. The smallest absolute Gasteiger partial charge is 0.0431 e. The molecule has 0 aromatic heterocycles. The van der Waals surface area contributed by atoms with Crippen molar-refractivity contribution in [1.82, 2.24) is 5.32 Å². The second-order valence-corrected chi connectivity index (χ2v) is 2.32. The molecule has 0 unspecified atom stereocenters. The van der Waals surface area contributed by atoms with Gasteiger partial charge in [-0.05, 0) is 19.3 Å². The Balaban J connectivity index is 1.74. The van der Waals surface area contributed by atoms with E-state index in [0.717, 1.165) is 12.5 Å². The minimum Gasteiger partial charge on any atom is -0.396 e. The lowest BCUT2D eigenvalue weighted by atomic mass is 10.2. The predicted octanol–water partition coefficient (Wildman–Crippen LogP) is 0.121. The minimum atomic E-state index is 0.354. The molecule has 1 aliphatic heterocycles. The van der Waals surface area contributed by atoms with Gasteiger partial charge in [-0.2, -0.15) is 0 Å². The van der Waals surface area contributed by atoms with Crippen molar-refractivity contribution in [2.24, 2.45) is 0 Å². The fraction of sp³-hybridized carbons (Fsp3) is 1.00. The van der Waals surface area contributed by atoms with E-state index in [1.807, 2.05) is 0 Å². The van der Waals surface area contributed by atoms with E-state index in [4.69, 9.17) is 5.11 Å². The molecule has 2 nitrogen and oxygen atoms in total. The minimum absolute atomic E-state index is 0.354. The van der Waals surface area contributed by atoms with Crippen LogP contribution in [0.15, 0.2) is 0 Å². The maximum atomic E-state index is 8.38. The first kappa shape index (κ1) is 6.05. The summed E-state index contributed by atoms with van der Waals surface area (Å²) in [5, 5.41) is 11.6. The fourth-order valence-corrected chi connectivity index (χ4v) is 0.790. The predicted molar refractivity (Wildman–Crippen MR) is 32.7 cm³/mol. The van der Waals surface area contributed by atoms with Gasteiger partial charge >= 0.3 is 0 Å². The molecule has 1 rings (SSSR count). The van der Waals surface area contributed by atoms with Gasteiger partial charge in [-0.25, -0.2) is 0 Å². The van der Waals surface area contributed by atoms with Crippen LogP contribution in [-0.2, 0) is 0 Å². The third-order valence-corrected chi connectivity index (χ3v) is 1.45. The molecule has 0 bridgehead atoms. The largest absolute Gasteiger partial charge is 0.396 e. The van der Waals surface area contributed by atoms with Crippen molar-refractivity contribution in [3.63, 3.8) is 0 Å². The summed E-state index contributed by atoms with van der Waals surface area (Å²) in [7, 11) is 0. The average Bonchev–Trinajstić information content (AvgIpc) is 2.51. The van der Waals surface area contributed by atoms with Crippen LogP contribution in [0.5, 0.6) is 0 Å². The second-order valence-electron chi connectivity index (χ2n) is 2.32. The highest BCUT2D eigenvalue weighted by Crippen LogP contribution is 2.06. The molecular formula is C6H13NO. The van der Waals surface area contributed by atoms with E-state index < -0.39 is 0 Å². The van der Waals surface area contributed by atoms with Crippen LogP contribution < -0.4 is 5.32 Å². The molecule has 0 saturated carbocycles. The maximum absolute atomic E-state index is 8.38. The van der Waals surface area contributed by atoms with E-state index in [-0.39, 0.29) is 0 Å². The molecule has 0 radical (unpaired) electrons. The van der Waals surface area contributed by atoms with Gasteiger partial charge in [0.1, 0.15) is 0 Å². The molecular weight excluding hydrogens is 102 g/mol. The van der Waals surface area contributed by atoms with E-state index in [2.05, 4.69) is 5.32 Å². The van der Waals surface area contributed by atoms with Gasteiger partial charge in [0.25, 0.3) is 0 Å². The van der Waals surface area contributed by atoms with E-state index in [1.165, 1.54) is 19.4 Å². The van der Waals surface area contributed by atoms with E-state index in [0.29, 0.717) is 6.61 Å². The van der Waals surface area contributed by atoms with E-state index in [9.17, 15) is 0 Å². The first-order valence-electron chi connectivity index (χ1n) is 3.27. The van der Waals surface area contributed by atoms with Crippen molar-refractivity contribution in [2.45, 2.75) is 25.3 Å². The molecule has 1 saturated heterocycles. The van der Waals surface area contributed by atoms with Crippen LogP contribution in [0.4, 0.5) is 0 Å². The Labute approximate surface area is 49.9 Å². The lowest BCUT2D eigenvalue weighted by molar-refractivity contribution is 0.283. The van der Waals surface area contributed by atoms with Crippen LogP contribution >= 0.6 is 0 Å². The van der Waals surface area contributed by atoms with Crippen molar-refractivity contribution in [1.29, 1.82) is 0 Å². The number of hydrogen-bond donors (Lipinski definition) is 2. The zero-order valence-corrected chi connectivity index (χ0v) is 5.06. The number of rotatable bonds is 4. The van der Waals surface area contributed by atoms with E-state index >= 15 is 0 Å². The zero-order valence-electron chi connectivity index (χ0n) is 5.06. The first-order chi connectivity index (χ1) is 3.93. The summed E-state index contributed by atoms with van der Waals surface area (Å²) in [5.41, 5.74) is 0. The zero-order chi connectivity index (χ0) is 5.82. The van der Waals surface area contributed by atoms with Crippen molar-refractivity contribution in [3.05, 3.63) is 0 Å². The second kappa shape index (κ2) is 3.05. The molecule has 0 spiro atoms. The van der Waals surface area contributed by atoms with Gasteiger partial charge in [0, 0.05) is 19.2 Å². The summed E-state index contributed by atoms with van der Waals surface area (Å²) >= 11 is 0. The van der Waals surface area contributed by atoms with Crippen LogP contribution in [0.1, 0.15) is 19.3 Å². The first-order valence-corrected chi connectivity index (χ1v) is 3.27. The van der Waals surface area contributed by atoms with Gasteiger partial charge in [-0.15, -0.1) is 0 Å². The monoisotopic (exact) mass is 115 g/mol. The normalized spacial score (nSPS) is 25.9. The fourth-order valence-electron chi connectivity index (χ4n) is 0.790. The van der Waals surface area contributed by atoms with Gasteiger partial charge in [0.05, 0.1) is 0 Å². The highest BCUT2D eigenvalue weighted by molar-refractivity contribution is 4.82. The maximum Gasteiger partial charge on any atom is 0.0431 e. The number of aliphatic hydroxyl groups is 1. The number of unbranched alkanes of at least 4 members (excludes halogenated alkanes) is 1. The van der Waals surface area contributed by atoms with Crippen molar-refractivity contribution < 1.29 is 5.11 Å². The number of hydrogen-bond acceptors (Lipinski definition) is 2. The third-order valence-electron chi connectivity index (χ3n) is 1.45. The molecule has 0 aromatic rings. The average molecular weight is 115 g/mol. The summed E-state index contributed by atoms with van der Waals surface area (Å²) in [5.74, 6) is 0. The molecule has 2 N–H and O–H groups in total. The molecule has 8 heavy (non-hydrogen) atoms. The molecule has 1 heterocycles. The van der Waals surface area contributed by atoms with Gasteiger partial charge in [-0.3, -0.25) is 0 Å². The van der Waals surface area contributed by atoms with Crippen LogP contribution in [0, 0.1) is 0 Å². The molecule has 0 aromatic carbocycles. The summed E-state index contributed by atoms with van der Waals surface area (Å²) < 4.78 is 0. The Hall–Kier alpha value is -0.0800. The molecule has 2 heteroatoms.